The first kappa shape index (κ1) is 15.3. The van der Waals surface area contributed by atoms with E-state index >= 15 is 0 Å². The average molecular weight is 281 g/mol. The van der Waals surface area contributed by atoms with Gasteiger partial charge in [0.1, 0.15) is 0 Å². The lowest BCUT2D eigenvalue weighted by Gasteiger charge is -2.31. The molecule has 5 nitrogen and oxygen atoms in total. The lowest BCUT2D eigenvalue weighted by molar-refractivity contribution is -0.133. The van der Waals surface area contributed by atoms with E-state index < -0.39 is 0 Å². The maximum absolute atomic E-state index is 12.2. The molecule has 2 fully saturated rings. The smallest absolute Gasteiger partial charge is 0.224 e. The van der Waals surface area contributed by atoms with Gasteiger partial charge in [-0.25, -0.2) is 0 Å². The van der Waals surface area contributed by atoms with Crippen molar-refractivity contribution in [2.24, 2.45) is 11.7 Å². The molecule has 0 aromatic rings. The third kappa shape index (κ3) is 4.20. The van der Waals surface area contributed by atoms with Crippen LogP contribution in [-0.2, 0) is 9.59 Å². The van der Waals surface area contributed by atoms with Crippen molar-refractivity contribution in [1.29, 1.82) is 0 Å². The van der Waals surface area contributed by atoms with Crippen LogP contribution in [0.4, 0.5) is 0 Å². The van der Waals surface area contributed by atoms with E-state index in [0.29, 0.717) is 6.42 Å². The van der Waals surface area contributed by atoms with Crippen LogP contribution in [0.5, 0.6) is 0 Å². The number of amides is 2. The molecular formula is C15H27N3O2. The number of nitrogens with two attached hydrogens (primary N) is 1. The van der Waals surface area contributed by atoms with Crippen LogP contribution in [0.1, 0.15) is 51.9 Å². The van der Waals surface area contributed by atoms with Gasteiger partial charge in [0.25, 0.3) is 0 Å². The summed E-state index contributed by atoms with van der Waals surface area (Å²) in [5.41, 5.74) is 5.84. The molecule has 1 atom stereocenters. The van der Waals surface area contributed by atoms with Gasteiger partial charge in [-0.2, -0.15) is 0 Å². The molecule has 2 aliphatic rings. The number of carbonyl (C=O) groups excluding carboxylic acids is 2. The highest BCUT2D eigenvalue weighted by Gasteiger charge is 2.26. The Hall–Kier alpha value is -1.10. The van der Waals surface area contributed by atoms with Gasteiger partial charge in [0.2, 0.25) is 11.8 Å². The predicted octanol–water partition coefficient (Wildman–Crippen LogP) is 1.02. The van der Waals surface area contributed by atoms with Gasteiger partial charge in [-0.1, -0.05) is 12.8 Å². The van der Waals surface area contributed by atoms with Crippen LogP contribution in [0.15, 0.2) is 0 Å². The van der Waals surface area contributed by atoms with Crippen LogP contribution in [0.3, 0.4) is 0 Å². The van der Waals surface area contributed by atoms with E-state index in [-0.39, 0.29) is 29.8 Å². The van der Waals surface area contributed by atoms with Crippen molar-refractivity contribution in [3.8, 4) is 0 Å². The topological polar surface area (TPSA) is 75.4 Å². The largest absolute Gasteiger partial charge is 0.353 e. The number of hydrogen-bond acceptors (Lipinski definition) is 3. The maximum Gasteiger partial charge on any atom is 0.224 e. The minimum Gasteiger partial charge on any atom is -0.353 e. The zero-order valence-corrected chi connectivity index (χ0v) is 12.4. The van der Waals surface area contributed by atoms with Crippen molar-refractivity contribution in [2.45, 2.75) is 64.0 Å². The summed E-state index contributed by atoms with van der Waals surface area (Å²) in [7, 11) is 0. The molecule has 1 saturated heterocycles. The monoisotopic (exact) mass is 281 g/mol. The van der Waals surface area contributed by atoms with Crippen LogP contribution in [-0.4, -0.2) is 41.9 Å². The van der Waals surface area contributed by atoms with Gasteiger partial charge in [-0.15, -0.1) is 0 Å². The molecule has 0 radical (unpaired) electrons. The number of rotatable bonds is 4. The van der Waals surface area contributed by atoms with Crippen molar-refractivity contribution in [3.05, 3.63) is 0 Å². The number of likely N-dealkylation sites (tertiary alicyclic amines) is 1. The molecule has 1 unspecified atom stereocenters. The lowest BCUT2D eigenvalue weighted by atomic mass is 10.0. The Morgan fingerprint density at radius 3 is 2.40 bits per heavy atom. The fraction of sp³-hybridized carbons (Fsp3) is 0.867. The van der Waals surface area contributed by atoms with Gasteiger partial charge in [0.15, 0.2) is 0 Å². The Balaban J connectivity index is 1.71. The van der Waals surface area contributed by atoms with Crippen LogP contribution < -0.4 is 11.1 Å². The number of hydrogen-bond donors (Lipinski definition) is 2. The van der Waals surface area contributed by atoms with E-state index in [1.807, 2.05) is 11.8 Å². The van der Waals surface area contributed by atoms with Crippen LogP contribution in [0.25, 0.3) is 0 Å². The minimum absolute atomic E-state index is 0.0776. The normalized spacial score (nSPS) is 22.8. The van der Waals surface area contributed by atoms with Gasteiger partial charge in [0.05, 0.1) is 0 Å². The van der Waals surface area contributed by atoms with E-state index in [2.05, 4.69) is 5.32 Å². The molecular weight excluding hydrogens is 254 g/mol. The second-order valence-electron chi connectivity index (χ2n) is 6.31. The Morgan fingerprint density at radius 2 is 1.80 bits per heavy atom. The fourth-order valence-electron chi connectivity index (χ4n) is 3.14. The Labute approximate surface area is 121 Å². The molecule has 3 N–H and O–H groups in total. The molecule has 2 rings (SSSR count). The van der Waals surface area contributed by atoms with Crippen LogP contribution in [0.2, 0.25) is 0 Å². The molecule has 1 heterocycles. The molecule has 5 heteroatoms. The van der Waals surface area contributed by atoms with Gasteiger partial charge >= 0.3 is 0 Å². The number of nitrogens with zero attached hydrogens (tertiary/aromatic N) is 1. The molecule has 1 saturated carbocycles. The highest BCUT2D eigenvalue weighted by Crippen LogP contribution is 2.24. The first-order chi connectivity index (χ1) is 9.56. The summed E-state index contributed by atoms with van der Waals surface area (Å²) in [5.74, 6) is 0.431. The number of carbonyl (C=O) groups is 2. The zero-order valence-electron chi connectivity index (χ0n) is 12.4. The quantitative estimate of drug-likeness (QED) is 0.808. The first-order valence-electron chi connectivity index (χ1n) is 7.90. The summed E-state index contributed by atoms with van der Waals surface area (Å²) in [6.07, 6.45) is 6.46. The van der Waals surface area contributed by atoms with Gasteiger partial charge in [-0.3, -0.25) is 9.59 Å². The van der Waals surface area contributed by atoms with Crippen molar-refractivity contribution in [3.63, 3.8) is 0 Å². The predicted molar refractivity (Wildman–Crippen MR) is 78.0 cm³/mol. The average Bonchev–Trinajstić information content (AvgIpc) is 2.93. The molecule has 2 amide bonds. The second kappa shape index (κ2) is 7.07. The molecule has 114 valence electrons. The zero-order chi connectivity index (χ0) is 14.5. The Morgan fingerprint density at radius 1 is 1.20 bits per heavy atom. The van der Waals surface area contributed by atoms with Gasteiger partial charge in [0, 0.05) is 37.5 Å². The Bertz CT molecular complexity index is 345. The van der Waals surface area contributed by atoms with E-state index in [1.165, 1.54) is 0 Å². The second-order valence-corrected chi connectivity index (χ2v) is 6.31. The number of nitrogens with one attached hydrogen (secondary N) is 1. The lowest BCUT2D eigenvalue weighted by Crippen LogP contribution is -2.45. The third-order valence-electron chi connectivity index (χ3n) is 4.49. The van der Waals surface area contributed by atoms with Crippen LogP contribution in [0, 0.1) is 5.92 Å². The minimum atomic E-state index is -0.0776. The molecule has 1 aliphatic heterocycles. The van der Waals surface area contributed by atoms with Crippen molar-refractivity contribution in [1.82, 2.24) is 10.2 Å². The van der Waals surface area contributed by atoms with Crippen molar-refractivity contribution in [2.75, 3.05) is 13.1 Å². The SMILES string of the molecule is CC(CC(=O)N1CCC(N)CC1)NC(=O)C1CCCC1. The highest BCUT2D eigenvalue weighted by molar-refractivity contribution is 5.81. The van der Waals surface area contributed by atoms with E-state index in [4.69, 9.17) is 5.73 Å². The summed E-state index contributed by atoms with van der Waals surface area (Å²) in [6.45, 7) is 3.42. The standard InChI is InChI=1S/C15H27N3O2/c1-11(17-15(20)12-4-2-3-5-12)10-14(19)18-8-6-13(16)7-9-18/h11-13H,2-10,16H2,1H3,(H,17,20). The molecule has 1 aliphatic carbocycles. The third-order valence-corrected chi connectivity index (χ3v) is 4.49. The summed E-state index contributed by atoms with van der Waals surface area (Å²) in [4.78, 5) is 26.0. The molecule has 20 heavy (non-hydrogen) atoms. The molecule has 0 spiro atoms. The van der Waals surface area contributed by atoms with Crippen molar-refractivity contribution < 1.29 is 9.59 Å². The summed E-state index contributed by atoms with van der Waals surface area (Å²) < 4.78 is 0. The highest BCUT2D eigenvalue weighted by atomic mass is 16.2. The van der Waals surface area contributed by atoms with Gasteiger partial charge < -0.3 is 16.0 Å². The Kier molecular flexibility index (Phi) is 5.40. The van der Waals surface area contributed by atoms with E-state index in [1.54, 1.807) is 0 Å². The van der Waals surface area contributed by atoms with Crippen LogP contribution >= 0.6 is 0 Å². The first-order valence-corrected chi connectivity index (χ1v) is 7.90. The number of piperidine rings is 1. The van der Waals surface area contributed by atoms with Crippen molar-refractivity contribution >= 4 is 11.8 Å². The van der Waals surface area contributed by atoms with Gasteiger partial charge in [-0.05, 0) is 32.6 Å². The molecule has 0 bridgehead atoms. The maximum atomic E-state index is 12.2. The summed E-state index contributed by atoms with van der Waals surface area (Å²) >= 11 is 0. The van der Waals surface area contributed by atoms with E-state index in [9.17, 15) is 9.59 Å². The summed E-state index contributed by atoms with van der Waals surface area (Å²) in [6, 6.07) is 0.157. The molecule has 0 aromatic carbocycles. The summed E-state index contributed by atoms with van der Waals surface area (Å²) in [5, 5.41) is 2.99. The van der Waals surface area contributed by atoms with E-state index in [0.717, 1.165) is 51.6 Å². The fourth-order valence-corrected chi connectivity index (χ4v) is 3.14. The molecule has 0 aromatic heterocycles.